The second kappa shape index (κ2) is 7.73. The molecule has 1 atom stereocenters. The first kappa shape index (κ1) is 18.6. The topological polar surface area (TPSA) is 82.5 Å². The maximum Gasteiger partial charge on any atom is 0.259 e. The second-order valence-corrected chi connectivity index (χ2v) is 8.02. The van der Waals surface area contributed by atoms with Gasteiger partial charge in [-0.3, -0.25) is 4.98 Å². The predicted octanol–water partition coefficient (Wildman–Crippen LogP) is 4.74. The average molecular weight is 413 g/mol. The summed E-state index contributed by atoms with van der Waals surface area (Å²) in [5.74, 6) is 1.76. The third kappa shape index (κ3) is 3.65. The van der Waals surface area contributed by atoms with E-state index in [2.05, 4.69) is 25.3 Å². The Labute approximate surface area is 171 Å². The Morgan fingerprint density at radius 3 is 2.71 bits per heavy atom. The van der Waals surface area contributed by atoms with E-state index in [0.29, 0.717) is 16.7 Å². The number of nitrogens with zero attached hydrogens (tertiary/aromatic N) is 6. The molecule has 28 heavy (non-hydrogen) atoms. The summed E-state index contributed by atoms with van der Waals surface area (Å²) in [4.78, 5) is 8.56. The van der Waals surface area contributed by atoms with Crippen LogP contribution in [-0.2, 0) is 7.05 Å². The first-order chi connectivity index (χ1) is 13.5. The second-order valence-electron chi connectivity index (χ2n) is 6.30. The Bertz CT molecular complexity index is 1110. The van der Waals surface area contributed by atoms with Crippen LogP contribution in [0.1, 0.15) is 23.6 Å². The standard InChI is InChI=1S/C19H17ClN6OS/c1-11-4-5-15(20)14(10-11)18-22-16(25-27-18)12(2)28-19-24-23-17(26(19)3)13-6-8-21-9-7-13/h4-10,12H,1-3H3. The molecule has 4 aromatic rings. The van der Waals surface area contributed by atoms with Gasteiger partial charge in [0.1, 0.15) is 0 Å². The zero-order chi connectivity index (χ0) is 19.7. The molecule has 7 nitrogen and oxygen atoms in total. The fourth-order valence-corrected chi connectivity index (χ4v) is 3.74. The van der Waals surface area contributed by atoms with Crippen molar-refractivity contribution in [1.29, 1.82) is 0 Å². The van der Waals surface area contributed by atoms with Crippen LogP contribution in [0.25, 0.3) is 22.8 Å². The van der Waals surface area contributed by atoms with Crippen LogP contribution in [0.2, 0.25) is 5.02 Å². The highest BCUT2D eigenvalue weighted by Gasteiger charge is 2.21. The van der Waals surface area contributed by atoms with Crippen molar-refractivity contribution in [2.75, 3.05) is 0 Å². The molecule has 1 unspecified atom stereocenters. The number of hydrogen-bond donors (Lipinski definition) is 0. The summed E-state index contributed by atoms with van der Waals surface area (Å²) < 4.78 is 7.38. The normalized spacial score (nSPS) is 12.3. The summed E-state index contributed by atoms with van der Waals surface area (Å²) in [7, 11) is 1.93. The van der Waals surface area contributed by atoms with Crippen LogP contribution in [0.3, 0.4) is 0 Å². The van der Waals surface area contributed by atoms with Crippen molar-refractivity contribution < 1.29 is 4.52 Å². The maximum atomic E-state index is 6.27. The van der Waals surface area contributed by atoms with E-state index < -0.39 is 0 Å². The predicted molar refractivity (Wildman–Crippen MR) is 108 cm³/mol. The van der Waals surface area contributed by atoms with Crippen LogP contribution in [0.5, 0.6) is 0 Å². The van der Waals surface area contributed by atoms with Crippen molar-refractivity contribution in [1.82, 2.24) is 29.9 Å². The first-order valence-corrected chi connectivity index (χ1v) is 9.85. The van der Waals surface area contributed by atoms with E-state index in [9.17, 15) is 0 Å². The minimum absolute atomic E-state index is 0.0747. The van der Waals surface area contributed by atoms with Crippen LogP contribution in [0, 0.1) is 6.92 Å². The highest BCUT2D eigenvalue weighted by Crippen LogP contribution is 2.35. The number of benzene rings is 1. The van der Waals surface area contributed by atoms with Crippen LogP contribution in [-0.4, -0.2) is 29.9 Å². The minimum atomic E-state index is -0.0747. The summed E-state index contributed by atoms with van der Waals surface area (Å²) in [6, 6.07) is 9.50. The van der Waals surface area contributed by atoms with Crippen molar-refractivity contribution in [2.45, 2.75) is 24.3 Å². The molecular formula is C19H17ClN6OS. The highest BCUT2D eigenvalue weighted by molar-refractivity contribution is 7.99. The molecule has 0 radical (unpaired) electrons. The number of halogens is 1. The fraction of sp³-hybridized carbons (Fsp3) is 0.211. The van der Waals surface area contributed by atoms with Gasteiger partial charge in [0.05, 0.1) is 15.8 Å². The number of thioether (sulfide) groups is 1. The molecule has 0 saturated carbocycles. The summed E-state index contributed by atoms with van der Waals surface area (Å²) >= 11 is 7.78. The number of hydrogen-bond acceptors (Lipinski definition) is 7. The van der Waals surface area contributed by atoms with Gasteiger partial charge in [0.15, 0.2) is 16.8 Å². The lowest BCUT2D eigenvalue weighted by molar-refractivity contribution is 0.423. The van der Waals surface area contributed by atoms with Crippen LogP contribution >= 0.6 is 23.4 Å². The van der Waals surface area contributed by atoms with Gasteiger partial charge in [-0.05, 0) is 38.1 Å². The van der Waals surface area contributed by atoms with Crippen LogP contribution in [0.4, 0.5) is 0 Å². The zero-order valence-corrected chi connectivity index (χ0v) is 17.1. The van der Waals surface area contributed by atoms with E-state index >= 15 is 0 Å². The molecular weight excluding hydrogens is 396 g/mol. The van der Waals surface area contributed by atoms with E-state index in [1.165, 1.54) is 11.8 Å². The number of rotatable bonds is 5. The summed E-state index contributed by atoms with van der Waals surface area (Å²) in [5.41, 5.74) is 2.76. The number of aryl methyl sites for hydroxylation is 1. The van der Waals surface area contributed by atoms with Gasteiger partial charge in [0.25, 0.3) is 5.89 Å². The maximum absolute atomic E-state index is 6.27. The van der Waals surface area contributed by atoms with Crippen molar-refractivity contribution in [3.63, 3.8) is 0 Å². The van der Waals surface area contributed by atoms with Crippen molar-refractivity contribution >= 4 is 23.4 Å². The number of pyridine rings is 1. The third-order valence-corrected chi connectivity index (χ3v) is 5.67. The third-order valence-electron chi connectivity index (χ3n) is 4.21. The smallest absolute Gasteiger partial charge is 0.259 e. The fourth-order valence-electron chi connectivity index (χ4n) is 2.69. The van der Waals surface area contributed by atoms with Gasteiger partial charge in [-0.25, -0.2) is 0 Å². The van der Waals surface area contributed by atoms with E-state index in [4.69, 9.17) is 16.1 Å². The van der Waals surface area contributed by atoms with Crippen molar-refractivity contribution in [3.8, 4) is 22.8 Å². The molecule has 4 rings (SSSR count). The monoisotopic (exact) mass is 412 g/mol. The lowest BCUT2D eigenvalue weighted by atomic mass is 10.1. The van der Waals surface area contributed by atoms with Crippen molar-refractivity contribution in [3.05, 3.63) is 59.1 Å². The molecule has 0 bridgehead atoms. The van der Waals surface area contributed by atoms with Gasteiger partial charge in [0, 0.05) is 25.0 Å². The van der Waals surface area contributed by atoms with Gasteiger partial charge >= 0.3 is 0 Å². The highest BCUT2D eigenvalue weighted by atomic mass is 35.5. The Morgan fingerprint density at radius 1 is 1.14 bits per heavy atom. The quantitative estimate of drug-likeness (QED) is 0.437. The molecule has 0 N–H and O–H groups in total. The Kier molecular flexibility index (Phi) is 5.15. The number of aromatic nitrogens is 6. The van der Waals surface area contributed by atoms with Gasteiger partial charge < -0.3 is 9.09 Å². The molecule has 3 aromatic heterocycles. The SMILES string of the molecule is Cc1ccc(Cl)c(-c2nc(C(C)Sc3nnc(-c4ccncc4)n3C)no2)c1. The molecule has 0 spiro atoms. The Hall–Kier alpha value is -2.71. The average Bonchev–Trinajstić information content (AvgIpc) is 3.32. The molecule has 1 aromatic carbocycles. The van der Waals surface area contributed by atoms with Gasteiger partial charge in [0.2, 0.25) is 0 Å². The van der Waals surface area contributed by atoms with Gasteiger partial charge in [-0.15, -0.1) is 10.2 Å². The zero-order valence-electron chi connectivity index (χ0n) is 15.5. The molecule has 0 aliphatic heterocycles. The summed E-state index contributed by atoms with van der Waals surface area (Å²) in [5, 5.41) is 14.0. The van der Waals surface area contributed by atoms with E-state index in [-0.39, 0.29) is 5.25 Å². The molecule has 0 fully saturated rings. The Morgan fingerprint density at radius 2 is 1.93 bits per heavy atom. The van der Waals surface area contributed by atoms with E-state index in [1.54, 1.807) is 12.4 Å². The molecule has 3 heterocycles. The lowest BCUT2D eigenvalue weighted by Crippen LogP contribution is -1.98. The van der Waals surface area contributed by atoms with Crippen LogP contribution < -0.4 is 0 Å². The van der Waals surface area contributed by atoms with E-state index in [1.807, 2.05) is 55.8 Å². The Balaban J connectivity index is 1.55. The molecule has 0 saturated heterocycles. The van der Waals surface area contributed by atoms with Crippen molar-refractivity contribution in [2.24, 2.45) is 7.05 Å². The molecule has 0 aliphatic carbocycles. The summed E-state index contributed by atoms with van der Waals surface area (Å²) in [6.07, 6.45) is 3.47. The summed E-state index contributed by atoms with van der Waals surface area (Å²) in [6.45, 7) is 3.99. The largest absolute Gasteiger partial charge is 0.334 e. The van der Waals surface area contributed by atoms with E-state index in [0.717, 1.165) is 27.7 Å². The molecule has 9 heteroatoms. The molecule has 142 valence electrons. The van der Waals surface area contributed by atoms with Crippen LogP contribution in [0.15, 0.2) is 52.4 Å². The molecule has 0 aliphatic rings. The lowest BCUT2D eigenvalue weighted by Gasteiger charge is -2.07. The minimum Gasteiger partial charge on any atom is -0.334 e. The van der Waals surface area contributed by atoms with Gasteiger partial charge in [-0.2, -0.15) is 4.98 Å². The first-order valence-electron chi connectivity index (χ1n) is 8.59. The molecule has 0 amide bonds. The van der Waals surface area contributed by atoms with Gasteiger partial charge in [-0.1, -0.05) is 40.1 Å².